The molecule has 9 heteroatoms. The Balaban J connectivity index is 1.63. The molecule has 0 spiro atoms. The first-order chi connectivity index (χ1) is 14.3. The number of alkyl halides is 3. The van der Waals surface area contributed by atoms with Crippen molar-refractivity contribution in [2.45, 2.75) is 37.4 Å². The summed E-state index contributed by atoms with van der Waals surface area (Å²) < 4.78 is 39.5. The van der Waals surface area contributed by atoms with E-state index in [2.05, 4.69) is 15.2 Å². The standard InChI is InChI=1S/C21H21F3N4OS/c1-14-11-18(21(22,23)24)17(12-25)20(26-14)30-13-19(29)27-15-5-7-16(8-6-15)28-9-3-2-4-10-28/h5-8,11H,2-4,9-10,13H2,1H3,(H,27,29). The number of benzene rings is 1. The molecule has 1 amide bonds. The number of rotatable bonds is 5. The predicted molar refractivity (Wildman–Crippen MR) is 111 cm³/mol. The molecule has 0 bridgehead atoms. The third-order valence-corrected chi connectivity index (χ3v) is 5.72. The quantitative estimate of drug-likeness (QED) is 0.671. The summed E-state index contributed by atoms with van der Waals surface area (Å²) in [7, 11) is 0. The minimum atomic E-state index is -4.66. The first-order valence-corrected chi connectivity index (χ1v) is 10.5. The Morgan fingerprint density at radius 1 is 1.23 bits per heavy atom. The number of hydrogen-bond acceptors (Lipinski definition) is 5. The Hall–Kier alpha value is -2.73. The van der Waals surface area contributed by atoms with Gasteiger partial charge in [-0.2, -0.15) is 18.4 Å². The lowest BCUT2D eigenvalue weighted by Gasteiger charge is -2.28. The Kier molecular flexibility index (Phi) is 6.87. The van der Waals surface area contributed by atoms with E-state index in [1.165, 1.54) is 26.2 Å². The van der Waals surface area contributed by atoms with Crippen molar-refractivity contribution in [1.29, 1.82) is 5.26 Å². The Bertz CT molecular complexity index is 948. The maximum Gasteiger partial charge on any atom is 0.417 e. The maximum atomic E-state index is 13.2. The molecular formula is C21H21F3N4OS. The summed E-state index contributed by atoms with van der Waals surface area (Å²) in [6.45, 7) is 3.46. The first-order valence-electron chi connectivity index (χ1n) is 9.54. The average molecular weight is 434 g/mol. The fraction of sp³-hybridized carbons (Fsp3) is 0.381. The van der Waals surface area contributed by atoms with Gasteiger partial charge in [0.1, 0.15) is 11.1 Å². The number of aryl methyl sites for hydroxylation is 1. The number of nitrogens with one attached hydrogen (secondary N) is 1. The van der Waals surface area contributed by atoms with Crippen LogP contribution in [0, 0.1) is 18.3 Å². The van der Waals surface area contributed by atoms with Crippen molar-refractivity contribution >= 4 is 29.0 Å². The monoisotopic (exact) mass is 434 g/mol. The van der Waals surface area contributed by atoms with Crippen LogP contribution in [-0.2, 0) is 11.0 Å². The van der Waals surface area contributed by atoms with Gasteiger partial charge in [0.2, 0.25) is 5.91 Å². The van der Waals surface area contributed by atoms with Crippen LogP contribution in [0.1, 0.15) is 36.1 Å². The van der Waals surface area contributed by atoms with E-state index in [0.29, 0.717) is 5.69 Å². The second-order valence-corrected chi connectivity index (χ2v) is 8.00. The number of piperidine rings is 1. The van der Waals surface area contributed by atoms with Crippen molar-refractivity contribution in [3.63, 3.8) is 0 Å². The molecule has 30 heavy (non-hydrogen) atoms. The number of carbonyl (C=O) groups excluding carboxylic acids is 1. The fourth-order valence-electron chi connectivity index (χ4n) is 3.32. The van der Waals surface area contributed by atoms with Gasteiger partial charge in [-0.15, -0.1) is 0 Å². The number of anilines is 2. The fourth-order valence-corrected chi connectivity index (χ4v) is 4.17. The Labute approximate surface area is 177 Å². The van der Waals surface area contributed by atoms with Crippen LogP contribution in [0.3, 0.4) is 0 Å². The van der Waals surface area contributed by atoms with Crippen molar-refractivity contribution in [3.05, 3.63) is 47.2 Å². The summed E-state index contributed by atoms with van der Waals surface area (Å²) in [5.41, 5.74) is 0.252. The summed E-state index contributed by atoms with van der Waals surface area (Å²) in [5, 5.41) is 11.8. The van der Waals surface area contributed by atoms with Gasteiger partial charge in [0.05, 0.1) is 16.9 Å². The van der Waals surface area contributed by atoms with E-state index in [1.54, 1.807) is 18.2 Å². The van der Waals surface area contributed by atoms with Gasteiger partial charge in [0.15, 0.2) is 0 Å². The number of amides is 1. The average Bonchev–Trinajstić information content (AvgIpc) is 2.72. The van der Waals surface area contributed by atoms with Crippen LogP contribution >= 0.6 is 11.8 Å². The van der Waals surface area contributed by atoms with E-state index in [4.69, 9.17) is 0 Å². The van der Waals surface area contributed by atoms with Gasteiger partial charge < -0.3 is 10.2 Å². The molecule has 1 N–H and O–H groups in total. The molecule has 158 valence electrons. The zero-order valence-electron chi connectivity index (χ0n) is 16.4. The third kappa shape index (κ3) is 5.45. The van der Waals surface area contributed by atoms with Crippen LogP contribution in [0.4, 0.5) is 24.5 Å². The minimum Gasteiger partial charge on any atom is -0.372 e. The zero-order chi connectivity index (χ0) is 21.7. The van der Waals surface area contributed by atoms with Gasteiger partial charge in [-0.3, -0.25) is 4.79 Å². The molecule has 1 fully saturated rings. The second-order valence-electron chi connectivity index (χ2n) is 7.03. The minimum absolute atomic E-state index is 0.0968. The SMILES string of the molecule is Cc1cc(C(F)(F)F)c(C#N)c(SCC(=O)Nc2ccc(N3CCCCC3)cc2)n1. The summed E-state index contributed by atoms with van der Waals surface area (Å²) in [6.07, 6.45) is -1.07. The van der Waals surface area contributed by atoms with Crippen molar-refractivity contribution in [3.8, 4) is 6.07 Å². The second kappa shape index (κ2) is 9.39. The summed E-state index contributed by atoms with van der Waals surface area (Å²) >= 11 is 0.815. The molecule has 0 radical (unpaired) electrons. The molecule has 3 rings (SSSR count). The number of aromatic nitrogens is 1. The Morgan fingerprint density at radius 3 is 2.50 bits per heavy atom. The molecule has 2 heterocycles. The maximum absolute atomic E-state index is 13.2. The highest BCUT2D eigenvalue weighted by atomic mass is 32.2. The normalized spacial score (nSPS) is 14.3. The van der Waals surface area contributed by atoms with Crippen LogP contribution < -0.4 is 10.2 Å². The van der Waals surface area contributed by atoms with E-state index in [-0.39, 0.29) is 22.4 Å². The van der Waals surface area contributed by atoms with E-state index in [0.717, 1.165) is 36.6 Å². The number of nitrogens with zero attached hydrogens (tertiary/aromatic N) is 3. The molecule has 1 aromatic heterocycles. The van der Waals surface area contributed by atoms with E-state index in [9.17, 15) is 23.2 Å². The largest absolute Gasteiger partial charge is 0.417 e. The highest BCUT2D eigenvalue weighted by Crippen LogP contribution is 2.35. The van der Waals surface area contributed by atoms with Crippen molar-refractivity contribution in [1.82, 2.24) is 4.98 Å². The number of nitriles is 1. The number of carbonyl (C=O) groups is 1. The van der Waals surface area contributed by atoms with Gasteiger partial charge in [0, 0.05) is 30.2 Å². The van der Waals surface area contributed by atoms with Crippen molar-refractivity contribution in [2.24, 2.45) is 0 Å². The van der Waals surface area contributed by atoms with Crippen LogP contribution in [0.25, 0.3) is 0 Å². The van der Waals surface area contributed by atoms with Gasteiger partial charge in [-0.05, 0) is 56.5 Å². The molecule has 0 saturated carbocycles. The number of pyridine rings is 1. The first kappa shape index (κ1) is 22.0. The molecule has 5 nitrogen and oxygen atoms in total. The lowest BCUT2D eigenvalue weighted by Crippen LogP contribution is -2.29. The molecule has 1 aliphatic rings. The molecule has 1 aromatic carbocycles. The smallest absolute Gasteiger partial charge is 0.372 e. The van der Waals surface area contributed by atoms with E-state index >= 15 is 0 Å². The van der Waals surface area contributed by atoms with Gasteiger partial charge in [0.25, 0.3) is 0 Å². The van der Waals surface area contributed by atoms with Crippen molar-refractivity contribution < 1.29 is 18.0 Å². The van der Waals surface area contributed by atoms with Crippen LogP contribution in [0.15, 0.2) is 35.4 Å². The van der Waals surface area contributed by atoms with Crippen molar-refractivity contribution in [2.75, 3.05) is 29.1 Å². The summed E-state index contributed by atoms with van der Waals surface area (Å²) in [6, 6.07) is 9.91. The highest BCUT2D eigenvalue weighted by molar-refractivity contribution is 8.00. The van der Waals surface area contributed by atoms with E-state index < -0.39 is 17.3 Å². The van der Waals surface area contributed by atoms with E-state index in [1.807, 2.05) is 12.1 Å². The molecule has 2 aromatic rings. The molecular weight excluding hydrogens is 413 g/mol. The lowest BCUT2D eigenvalue weighted by atomic mass is 10.1. The summed E-state index contributed by atoms with van der Waals surface area (Å²) in [5.74, 6) is -0.539. The number of thioether (sulfide) groups is 1. The van der Waals surface area contributed by atoms with Gasteiger partial charge in [-0.25, -0.2) is 4.98 Å². The Morgan fingerprint density at radius 2 is 1.90 bits per heavy atom. The third-order valence-electron chi connectivity index (χ3n) is 4.74. The topological polar surface area (TPSA) is 69.0 Å². The molecule has 0 aliphatic carbocycles. The molecule has 0 unspecified atom stereocenters. The molecule has 1 aliphatic heterocycles. The number of halogens is 3. The van der Waals surface area contributed by atoms with Crippen LogP contribution in [0.5, 0.6) is 0 Å². The lowest BCUT2D eigenvalue weighted by molar-refractivity contribution is -0.138. The predicted octanol–water partition coefficient (Wildman–Crippen LogP) is 5.00. The highest BCUT2D eigenvalue weighted by Gasteiger charge is 2.35. The summed E-state index contributed by atoms with van der Waals surface area (Å²) in [4.78, 5) is 18.6. The molecule has 0 atom stereocenters. The van der Waals surface area contributed by atoms with Gasteiger partial charge >= 0.3 is 6.18 Å². The van der Waals surface area contributed by atoms with Gasteiger partial charge in [-0.1, -0.05) is 11.8 Å². The molecule has 1 saturated heterocycles. The number of hydrogen-bond donors (Lipinski definition) is 1. The van der Waals surface area contributed by atoms with Crippen LogP contribution in [0.2, 0.25) is 0 Å². The van der Waals surface area contributed by atoms with Crippen LogP contribution in [-0.4, -0.2) is 29.7 Å². The zero-order valence-corrected chi connectivity index (χ0v) is 17.2.